The van der Waals surface area contributed by atoms with Crippen molar-refractivity contribution in [1.82, 2.24) is 0 Å². The van der Waals surface area contributed by atoms with Crippen LogP contribution in [-0.4, -0.2) is 14.2 Å². The van der Waals surface area contributed by atoms with Crippen molar-refractivity contribution in [3.63, 3.8) is 0 Å². The Hall–Kier alpha value is -4.56. The SMILES string of the molecule is COc1c(Cc2ccccc2)cc2ccccc2c1-c1c(Cc2ccccc2)cc2ccccc2c1OC. The lowest BCUT2D eigenvalue weighted by Gasteiger charge is -2.23. The zero-order chi connectivity index (χ0) is 25.9. The smallest absolute Gasteiger partial charge is 0.134 e. The third kappa shape index (κ3) is 4.39. The Labute approximate surface area is 224 Å². The first kappa shape index (κ1) is 23.8. The van der Waals surface area contributed by atoms with Gasteiger partial charge in [-0.25, -0.2) is 0 Å². The van der Waals surface area contributed by atoms with Crippen LogP contribution in [0.15, 0.2) is 121 Å². The van der Waals surface area contributed by atoms with Crippen molar-refractivity contribution < 1.29 is 9.47 Å². The summed E-state index contributed by atoms with van der Waals surface area (Å²) in [5.41, 5.74) is 7.07. The molecule has 0 N–H and O–H groups in total. The topological polar surface area (TPSA) is 18.5 Å². The van der Waals surface area contributed by atoms with Gasteiger partial charge in [-0.05, 0) is 57.0 Å². The summed E-state index contributed by atoms with van der Waals surface area (Å²) in [4.78, 5) is 0. The Morgan fingerprint density at radius 1 is 0.447 bits per heavy atom. The van der Waals surface area contributed by atoms with E-state index in [9.17, 15) is 0 Å². The number of methoxy groups -OCH3 is 2. The lowest BCUT2D eigenvalue weighted by atomic mass is 9.86. The molecule has 0 aliphatic heterocycles. The summed E-state index contributed by atoms with van der Waals surface area (Å²) in [7, 11) is 3.56. The summed E-state index contributed by atoms with van der Waals surface area (Å²) in [5, 5.41) is 4.61. The Bertz CT molecular complexity index is 1720. The van der Waals surface area contributed by atoms with Crippen LogP contribution >= 0.6 is 0 Å². The van der Waals surface area contributed by atoms with Crippen LogP contribution in [0.5, 0.6) is 11.5 Å². The average molecular weight is 495 g/mol. The van der Waals surface area contributed by atoms with Gasteiger partial charge in [-0.15, -0.1) is 0 Å². The minimum Gasteiger partial charge on any atom is -0.496 e. The maximum absolute atomic E-state index is 6.27. The lowest BCUT2D eigenvalue weighted by molar-refractivity contribution is 0.409. The first-order chi connectivity index (χ1) is 18.8. The van der Waals surface area contributed by atoms with Crippen molar-refractivity contribution in [3.8, 4) is 22.6 Å². The number of ether oxygens (including phenoxy) is 2. The van der Waals surface area contributed by atoms with Crippen LogP contribution in [0, 0.1) is 0 Å². The van der Waals surface area contributed by atoms with Gasteiger partial charge >= 0.3 is 0 Å². The van der Waals surface area contributed by atoms with Gasteiger partial charge in [0.05, 0.1) is 14.2 Å². The molecular formula is C36H30O2. The van der Waals surface area contributed by atoms with Gasteiger partial charge in [0.1, 0.15) is 11.5 Å². The maximum Gasteiger partial charge on any atom is 0.134 e. The first-order valence-electron chi connectivity index (χ1n) is 13.0. The quantitative estimate of drug-likeness (QED) is 0.221. The van der Waals surface area contributed by atoms with Gasteiger partial charge in [-0.2, -0.15) is 0 Å². The molecule has 0 saturated carbocycles. The lowest BCUT2D eigenvalue weighted by Crippen LogP contribution is -2.03. The third-order valence-electron chi connectivity index (χ3n) is 7.29. The fourth-order valence-electron chi connectivity index (χ4n) is 5.63. The van der Waals surface area contributed by atoms with E-state index in [2.05, 4.69) is 121 Å². The van der Waals surface area contributed by atoms with Crippen molar-refractivity contribution in [2.75, 3.05) is 14.2 Å². The van der Waals surface area contributed by atoms with Gasteiger partial charge in [0.2, 0.25) is 0 Å². The molecule has 0 radical (unpaired) electrons. The molecule has 0 fully saturated rings. The van der Waals surface area contributed by atoms with E-state index < -0.39 is 0 Å². The van der Waals surface area contributed by atoms with Crippen LogP contribution in [0.2, 0.25) is 0 Å². The number of benzene rings is 6. The summed E-state index contributed by atoms with van der Waals surface area (Å²) < 4.78 is 12.5. The highest BCUT2D eigenvalue weighted by Gasteiger charge is 2.24. The van der Waals surface area contributed by atoms with E-state index >= 15 is 0 Å². The molecule has 2 nitrogen and oxygen atoms in total. The second-order valence-corrected chi connectivity index (χ2v) is 9.65. The second-order valence-electron chi connectivity index (χ2n) is 9.65. The normalized spacial score (nSPS) is 11.1. The monoisotopic (exact) mass is 494 g/mol. The molecule has 0 aromatic heterocycles. The van der Waals surface area contributed by atoms with Gasteiger partial charge in [-0.3, -0.25) is 0 Å². The summed E-state index contributed by atoms with van der Waals surface area (Å²) >= 11 is 0. The molecule has 186 valence electrons. The van der Waals surface area contributed by atoms with Crippen LogP contribution in [0.4, 0.5) is 0 Å². The van der Waals surface area contributed by atoms with E-state index in [1.165, 1.54) is 27.5 Å². The molecular weight excluding hydrogens is 464 g/mol. The minimum absolute atomic E-state index is 0.783. The second kappa shape index (κ2) is 10.4. The van der Waals surface area contributed by atoms with Gasteiger partial charge in [0, 0.05) is 22.9 Å². The fourth-order valence-corrected chi connectivity index (χ4v) is 5.63. The number of rotatable bonds is 7. The van der Waals surface area contributed by atoms with Crippen molar-refractivity contribution in [1.29, 1.82) is 0 Å². The zero-order valence-corrected chi connectivity index (χ0v) is 21.8. The maximum atomic E-state index is 6.27. The summed E-state index contributed by atoms with van der Waals surface area (Å²) in [5.74, 6) is 1.78. The van der Waals surface area contributed by atoms with Crippen LogP contribution in [-0.2, 0) is 12.8 Å². The average Bonchev–Trinajstić information content (AvgIpc) is 2.97. The predicted octanol–water partition coefficient (Wildman–Crippen LogP) is 8.86. The highest BCUT2D eigenvalue weighted by atomic mass is 16.5. The molecule has 0 saturated heterocycles. The molecule has 0 bridgehead atoms. The first-order valence-corrected chi connectivity index (χ1v) is 13.0. The molecule has 2 heteroatoms. The van der Waals surface area contributed by atoms with Crippen molar-refractivity contribution in [3.05, 3.63) is 144 Å². The van der Waals surface area contributed by atoms with E-state index in [-0.39, 0.29) is 0 Å². The number of hydrogen-bond donors (Lipinski definition) is 0. The number of hydrogen-bond acceptors (Lipinski definition) is 2. The molecule has 0 heterocycles. The van der Waals surface area contributed by atoms with Gasteiger partial charge in [0.25, 0.3) is 0 Å². The molecule has 0 aliphatic carbocycles. The molecule has 0 spiro atoms. The molecule has 6 aromatic carbocycles. The molecule has 0 atom stereocenters. The largest absolute Gasteiger partial charge is 0.496 e. The Balaban J connectivity index is 1.70. The third-order valence-corrected chi connectivity index (χ3v) is 7.29. The van der Waals surface area contributed by atoms with Crippen molar-refractivity contribution in [2.24, 2.45) is 0 Å². The van der Waals surface area contributed by atoms with Crippen LogP contribution in [0.1, 0.15) is 22.3 Å². The summed E-state index contributed by atoms with van der Waals surface area (Å²) in [6.45, 7) is 0. The summed E-state index contributed by atoms with van der Waals surface area (Å²) in [6.07, 6.45) is 1.57. The van der Waals surface area contributed by atoms with Gasteiger partial charge < -0.3 is 9.47 Å². The van der Waals surface area contributed by atoms with E-state index in [1.807, 2.05) is 0 Å². The van der Waals surface area contributed by atoms with Crippen LogP contribution < -0.4 is 9.47 Å². The number of fused-ring (bicyclic) bond motifs is 2. The molecule has 38 heavy (non-hydrogen) atoms. The van der Waals surface area contributed by atoms with Crippen LogP contribution in [0.25, 0.3) is 32.7 Å². The minimum atomic E-state index is 0.783. The van der Waals surface area contributed by atoms with Crippen LogP contribution in [0.3, 0.4) is 0 Å². The van der Waals surface area contributed by atoms with Crippen molar-refractivity contribution in [2.45, 2.75) is 12.8 Å². The van der Waals surface area contributed by atoms with E-state index in [0.29, 0.717) is 0 Å². The fraction of sp³-hybridized carbons (Fsp3) is 0.111. The molecule has 6 rings (SSSR count). The molecule has 0 amide bonds. The van der Waals surface area contributed by atoms with Gasteiger partial charge in [0.15, 0.2) is 0 Å². The van der Waals surface area contributed by atoms with E-state index in [0.717, 1.165) is 51.8 Å². The van der Waals surface area contributed by atoms with Gasteiger partial charge in [-0.1, -0.05) is 109 Å². The Morgan fingerprint density at radius 3 is 1.53 bits per heavy atom. The van der Waals surface area contributed by atoms with Crippen molar-refractivity contribution >= 4 is 21.5 Å². The Kier molecular flexibility index (Phi) is 6.54. The zero-order valence-electron chi connectivity index (χ0n) is 21.8. The predicted molar refractivity (Wildman–Crippen MR) is 158 cm³/mol. The summed E-state index contributed by atoms with van der Waals surface area (Å²) in [6, 6.07) is 42.9. The highest BCUT2D eigenvalue weighted by Crippen LogP contribution is 2.48. The van der Waals surface area contributed by atoms with E-state index in [1.54, 1.807) is 14.2 Å². The standard InChI is InChI=1S/C36H30O2/c1-37-35-30(22-26-15-7-4-8-16-26)24-27-17-9-11-19-31(27)34(35)33-29(21-25-13-5-3-6-14-25)23-28-18-10-12-20-32(28)36(33)38-2/h3-20,23-24H,21-22H2,1-2H3. The Morgan fingerprint density at radius 2 is 0.921 bits per heavy atom. The highest BCUT2D eigenvalue weighted by molar-refractivity contribution is 6.07. The molecule has 6 aromatic rings. The van der Waals surface area contributed by atoms with E-state index in [4.69, 9.17) is 9.47 Å². The molecule has 0 unspecified atom stereocenters. The molecule has 0 aliphatic rings.